The molecule has 0 bridgehead atoms. The molecule has 1 spiro atoms. The summed E-state index contributed by atoms with van der Waals surface area (Å²) in [6.07, 6.45) is -0.143. The lowest BCUT2D eigenvalue weighted by Gasteiger charge is -2.58. The van der Waals surface area contributed by atoms with Crippen LogP contribution < -0.4 is 0 Å². The number of hydrogen-bond acceptors (Lipinski definition) is 5. The molecule has 1 aromatic rings. The molecule has 24 heavy (non-hydrogen) atoms. The summed E-state index contributed by atoms with van der Waals surface area (Å²) in [4.78, 5) is 30.4. The molecule has 3 aliphatic rings. The van der Waals surface area contributed by atoms with E-state index in [4.69, 9.17) is 11.6 Å². The monoisotopic (exact) mass is 349 g/mol. The maximum Gasteiger partial charge on any atom is 0.252 e. The van der Waals surface area contributed by atoms with Crippen LogP contribution in [0.15, 0.2) is 24.3 Å². The normalized spacial score (nSPS) is 29.9. The smallest absolute Gasteiger partial charge is 0.252 e. The second-order valence-corrected chi connectivity index (χ2v) is 7.44. The van der Waals surface area contributed by atoms with E-state index < -0.39 is 11.6 Å². The van der Waals surface area contributed by atoms with Gasteiger partial charge in [-0.15, -0.1) is 0 Å². The predicted octanol–water partition coefficient (Wildman–Crippen LogP) is 0.328. The van der Waals surface area contributed by atoms with Gasteiger partial charge in [-0.3, -0.25) is 24.3 Å². The zero-order valence-electron chi connectivity index (χ0n) is 13.5. The van der Waals surface area contributed by atoms with Gasteiger partial charge in [0, 0.05) is 38.2 Å². The van der Waals surface area contributed by atoms with E-state index in [0.717, 1.165) is 10.6 Å². The number of imide groups is 1. The SMILES string of the molecule is CN1C(=O)C2CC(O)CN2C2(CN(Cc3ccccc3Cl)C2)C1=O. The van der Waals surface area contributed by atoms with E-state index in [-0.39, 0.29) is 17.9 Å². The molecule has 0 aliphatic carbocycles. The summed E-state index contributed by atoms with van der Waals surface area (Å²) >= 11 is 6.22. The molecule has 3 heterocycles. The molecule has 3 saturated heterocycles. The highest BCUT2D eigenvalue weighted by Gasteiger charge is 2.63. The summed E-state index contributed by atoms with van der Waals surface area (Å²) in [6, 6.07) is 7.29. The number of hydrogen-bond donors (Lipinski definition) is 1. The number of nitrogens with zero attached hydrogens (tertiary/aromatic N) is 3. The second kappa shape index (κ2) is 5.52. The Kier molecular flexibility index (Phi) is 3.69. The van der Waals surface area contributed by atoms with Crippen LogP contribution in [-0.4, -0.2) is 76.0 Å². The molecule has 0 saturated carbocycles. The first kappa shape index (κ1) is 16.0. The third kappa shape index (κ3) is 2.21. The highest BCUT2D eigenvalue weighted by atomic mass is 35.5. The van der Waals surface area contributed by atoms with E-state index in [0.29, 0.717) is 32.6 Å². The Balaban J connectivity index is 1.54. The Morgan fingerprint density at radius 3 is 2.71 bits per heavy atom. The molecule has 0 aromatic heterocycles. The molecule has 2 amide bonds. The van der Waals surface area contributed by atoms with Crippen LogP contribution in [0.4, 0.5) is 0 Å². The molecule has 7 heteroatoms. The van der Waals surface area contributed by atoms with E-state index >= 15 is 0 Å². The number of carbonyl (C=O) groups is 2. The molecular formula is C17H20ClN3O3. The highest BCUT2D eigenvalue weighted by molar-refractivity contribution is 6.31. The lowest BCUT2D eigenvalue weighted by atomic mass is 9.82. The van der Waals surface area contributed by atoms with E-state index in [2.05, 4.69) is 4.90 Å². The van der Waals surface area contributed by atoms with Crippen molar-refractivity contribution < 1.29 is 14.7 Å². The third-order valence-corrected chi connectivity index (χ3v) is 5.84. The molecule has 3 fully saturated rings. The summed E-state index contributed by atoms with van der Waals surface area (Å²) in [7, 11) is 1.55. The maximum atomic E-state index is 12.8. The summed E-state index contributed by atoms with van der Waals surface area (Å²) in [5.74, 6) is -0.361. The standard InChI is InChI=1S/C17H20ClN3O3/c1-19-15(23)14-6-12(22)8-21(14)17(16(19)24)9-20(10-17)7-11-4-2-3-5-13(11)18/h2-5,12,14,22H,6-10H2,1H3. The third-order valence-electron chi connectivity index (χ3n) is 5.47. The van der Waals surface area contributed by atoms with Gasteiger partial charge in [-0.25, -0.2) is 0 Å². The van der Waals surface area contributed by atoms with Crippen LogP contribution in [0.1, 0.15) is 12.0 Å². The second-order valence-electron chi connectivity index (χ2n) is 7.03. The van der Waals surface area contributed by atoms with Gasteiger partial charge in [-0.2, -0.15) is 0 Å². The minimum Gasteiger partial charge on any atom is -0.392 e. The van der Waals surface area contributed by atoms with Crippen molar-refractivity contribution in [1.29, 1.82) is 0 Å². The highest BCUT2D eigenvalue weighted by Crippen LogP contribution is 2.40. The van der Waals surface area contributed by atoms with Gasteiger partial charge in [-0.1, -0.05) is 29.8 Å². The van der Waals surface area contributed by atoms with Crippen molar-refractivity contribution in [2.24, 2.45) is 0 Å². The topological polar surface area (TPSA) is 64.1 Å². The molecule has 2 unspecified atom stereocenters. The van der Waals surface area contributed by atoms with Gasteiger partial charge in [0.25, 0.3) is 5.91 Å². The first-order valence-electron chi connectivity index (χ1n) is 8.15. The summed E-state index contributed by atoms with van der Waals surface area (Å²) < 4.78 is 0. The average molecular weight is 350 g/mol. The number of fused-ring (bicyclic) bond motifs is 2. The minimum atomic E-state index is -0.688. The lowest BCUT2D eigenvalue weighted by molar-refractivity contribution is -0.178. The first-order chi connectivity index (χ1) is 11.4. The van der Waals surface area contributed by atoms with Crippen LogP contribution in [0.25, 0.3) is 0 Å². The molecule has 6 nitrogen and oxygen atoms in total. The number of carbonyl (C=O) groups excluding carboxylic acids is 2. The largest absolute Gasteiger partial charge is 0.392 e. The Hall–Kier alpha value is -1.47. The van der Waals surface area contributed by atoms with E-state index in [1.165, 1.54) is 4.90 Å². The Morgan fingerprint density at radius 1 is 1.29 bits per heavy atom. The Labute approximate surface area is 145 Å². The van der Waals surface area contributed by atoms with Crippen LogP contribution in [-0.2, 0) is 16.1 Å². The maximum absolute atomic E-state index is 12.8. The van der Waals surface area contributed by atoms with Gasteiger partial charge < -0.3 is 5.11 Å². The van der Waals surface area contributed by atoms with Gasteiger partial charge >= 0.3 is 0 Å². The summed E-state index contributed by atoms with van der Waals surface area (Å²) in [5.41, 5.74) is 0.339. The van der Waals surface area contributed by atoms with Crippen molar-refractivity contribution in [3.05, 3.63) is 34.9 Å². The number of aliphatic hydroxyl groups excluding tert-OH is 1. The fourth-order valence-electron chi connectivity index (χ4n) is 4.27. The van der Waals surface area contributed by atoms with Gasteiger partial charge in [0.05, 0.1) is 12.1 Å². The van der Waals surface area contributed by atoms with Crippen molar-refractivity contribution in [1.82, 2.24) is 14.7 Å². The molecule has 0 radical (unpaired) electrons. The molecule has 128 valence electrons. The zero-order chi connectivity index (χ0) is 17.1. The average Bonchev–Trinajstić information content (AvgIpc) is 2.91. The van der Waals surface area contributed by atoms with Crippen molar-refractivity contribution >= 4 is 23.4 Å². The number of benzene rings is 1. The van der Waals surface area contributed by atoms with Gasteiger partial charge in [0.1, 0.15) is 5.54 Å². The summed E-state index contributed by atoms with van der Waals surface area (Å²) in [6.45, 7) is 2.17. The number of amides is 2. The van der Waals surface area contributed by atoms with Crippen LogP contribution >= 0.6 is 11.6 Å². The predicted molar refractivity (Wildman–Crippen MR) is 88.4 cm³/mol. The van der Waals surface area contributed by atoms with Crippen LogP contribution in [0.3, 0.4) is 0 Å². The van der Waals surface area contributed by atoms with E-state index in [1.807, 2.05) is 29.2 Å². The van der Waals surface area contributed by atoms with Crippen molar-refractivity contribution in [2.75, 3.05) is 26.7 Å². The molecule has 1 N–H and O–H groups in total. The Bertz CT molecular complexity index is 704. The molecule has 3 aliphatic heterocycles. The fraction of sp³-hybridized carbons (Fsp3) is 0.529. The van der Waals surface area contributed by atoms with Gasteiger partial charge in [0.2, 0.25) is 5.91 Å². The Morgan fingerprint density at radius 2 is 2.00 bits per heavy atom. The number of rotatable bonds is 2. The molecule has 4 rings (SSSR count). The summed E-state index contributed by atoms with van der Waals surface area (Å²) in [5, 5.41) is 10.7. The molecule has 1 aromatic carbocycles. The van der Waals surface area contributed by atoms with E-state index in [1.54, 1.807) is 7.05 Å². The van der Waals surface area contributed by atoms with Crippen LogP contribution in [0.2, 0.25) is 5.02 Å². The lowest BCUT2D eigenvalue weighted by Crippen LogP contribution is -2.80. The number of β-amino-alcohol motifs (C(OH)–C–C–N with tert-alkyl or cyclic N) is 1. The first-order valence-corrected chi connectivity index (χ1v) is 8.53. The number of aliphatic hydroxyl groups is 1. The van der Waals surface area contributed by atoms with Crippen molar-refractivity contribution in [2.45, 2.75) is 30.7 Å². The number of piperazine rings is 1. The zero-order valence-corrected chi connectivity index (χ0v) is 14.2. The number of likely N-dealkylation sites (N-methyl/N-ethyl adjacent to an activating group) is 1. The van der Waals surface area contributed by atoms with Crippen molar-refractivity contribution in [3.8, 4) is 0 Å². The van der Waals surface area contributed by atoms with Crippen LogP contribution in [0.5, 0.6) is 0 Å². The minimum absolute atomic E-state index is 0.159. The van der Waals surface area contributed by atoms with E-state index in [9.17, 15) is 14.7 Å². The number of halogens is 1. The quantitative estimate of drug-likeness (QED) is 0.779. The molecular weight excluding hydrogens is 330 g/mol. The van der Waals surface area contributed by atoms with Gasteiger partial charge in [0.15, 0.2) is 0 Å². The van der Waals surface area contributed by atoms with Crippen molar-refractivity contribution in [3.63, 3.8) is 0 Å². The van der Waals surface area contributed by atoms with Gasteiger partial charge in [-0.05, 0) is 18.1 Å². The fourth-order valence-corrected chi connectivity index (χ4v) is 4.46. The number of likely N-dealkylation sites (tertiary alicyclic amines) is 1. The van der Waals surface area contributed by atoms with Crippen LogP contribution in [0, 0.1) is 0 Å². The molecule has 2 atom stereocenters.